The zero-order valence-corrected chi connectivity index (χ0v) is 12.4. The van der Waals surface area contributed by atoms with Gasteiger partial charge in [-0.1, -0.05) is 50.1 Å². The number of hydrogen-bond acceptors (Lipinski definition) is 2. The maximum atomic E-state index is 6.29. The Bertz CT molecular complexity index is 363. The Morgan fingerprint density at radius 3 is 2.74 bits per heavy atom. The number of rotatable bonds is 5. The van der Waals surface area contributed by atoms with Crippen LogP contribution in [-0.4, -0.2) is 24.0 Å². The number of nitrogens with two attached hydrogens (primary N) is 1. The Balaban J connectivity index is 1.97. The summed E-state index contributed by atoms with van der Waals surface area (Å²) < 4.78 is 0. The lowest BCUT2D eigenvalue weighted by Crippen LogP contribution is -2.47. The summed E-state index contributed by atoms with van der Waals surface area (Å²) in [5.41, 5.74) is 7.72. The fourth-order valence-electron chi connectivity index (χ4n) is 3.14. The fraction of sp³-hybridized carbons (Fsp3) is 0.647. The summed E-state index contributed by atoms with van der Waals surface area (Å²) >= 11 is 0. The Labute approximate surface area is 118 Å². The molecule has 2 N–H and O–H groups in total. The molecule has 2 heteroatoms. The van der Waals surface area contributed by atoms with Crippen LogP contribution >= 0.6 is 0 Å². The van der Waals surface area contributed by atoms with Crippen molar-refractivity contribution in [2.45, 2.75) is 51.6 Å². The number of unbranched alkanes of at least 4 members (excludes halogenated alkanes) is 1. The third-order valence-electron chi connectivity index (χ3n) is 4.58. The summed E-state index contributed by atoms with van der Waals surface area (Å²) in [4.78, 5) is 2.61. The van der Waals surface area contributed by atoms with Gasteiger partial charge in [0.1, 0.15) is 0 Å². The van der Waals surface area contributed by atoms with Crippen molar-refractivity contribution in [1.29, 1.82) is 0 Å². The van der Waals surface area contributed by atoms with Gasteiger partial charge in [-0.3, -0.25) is 4.90 Å². The van der Waals surface area contributed by atoms with Crippen LogP contribution in [0.2, 0.25) is 0 Å². The lowest BCUT2D eigenvalue weighted by Gasteiger charge is -2.40. The molecule has 0 amide bonds. The van der Waals surface area contributed by atoms with E-state index in [-0.39, 0.29) is 0 Å². The Morgan fingerprint density at radius 1 is 1.32 bits per heavy atom. The summed E-state index contributed by atoms with van der Waals surface area (Å²) in [6.07, 6.45) is 5.02. The zero-order valence-electron chi connectivity index (χ0n) is 12.4. The predicted octanol–water partition coefficient (Wildman–Crippen LogP) is 3.59. The van der Waals surface area contributed by atoms with Gasteiger partial charge in [-0.2, -0.15) is 0 Å². The Hall–Kier alpha value is -0.860. The fourth-order valence-corrected chi connectivity index (χ4v) is 3.14. The van der Waals surface area contributed by atoms with Crippen LogP contribution < -0.4 is 5.73 Å². The SMILES string of the molecule is CCCC[C@@H]1CN(C(C)c2ccccc2)CC[C@@H]1N. The second-order valence-electron chi connectivity index (χ2n) is 5.94. The van der Waals surface area contributed by atoms with Gasteiger partial charge in [-0.25, -0.2) is 0 Å². The van der Waals surface area contributed by atoms with E-state index in [0.717, 1.165) is 19.5 Å². The molecule has 0 saturated carbocycles. The molecule has 2 nitrogen and oxygen atoms in total. The summed E-state index contributed by atoms with van der Waals surface area (Å²) in [7, 11) is 0. The highest BCUT2D eigenvalue weighted by Crippen LogP contribution is 2.28. The molecule has 1 aliphatic rings. The van der Waals surface area contributed by atoms with E-state index in [1.54, 1.807) is 0 Å². The quantitative estimate of drug-likeness (QED) is 0.876. The van der Waals surface area contributed by atoms with Crippen molar-refractivity contribution in [3.8, 4) is 0 Å². The Morgan fingerprint density at radius 2 is 2.05 bits per heavy atom. The van der Waals surface area contributed by atoms with Gasteiger partial charge in [0, 0.05) is 25.2 Å². The van der Waals surface area contributed by atoms with Crippen LogP contribution in [0.25, 0.3) is 0 Å². The standard InChI is InChI=1S/C17H28N2/c1-3-4-8-16-13-19(12-11-17(16)18)14(2)15-9-6-5-7-10-15/h5-7,9-10,14,16-17H,3-4,8,11-13,18H2,1-2H3/t14?,16-,17+/m1/s1. The molecule has 1 aromatic rings. The van der Waals surface area contributed by atoms with Crippen molar-refractivity contribution < 1.29 is 0 Å². The van der Waals surface area contributed by atoms with Crippen LogP contribution in [0.4, 0.5) is 0 Å². The van der Waals surface area contributed by atoms with Gasteiger partial charge >= 0.3 is 0 Å². The van der Waals surface area contributed by atoms with Gasteiger partial charge < -0.3 is 5.73 Å². The first-order valence-electron chi connectivity index (χ1n) is 7.77. The zero-order chi connectivity index (χ0) is 13.7. The van der Waals surface area contributed by atoms with E-state index in [1.165, 1.54) is 24.8 Å². The van der Waals surface area contributed by atoms with Crippen molar-refractivity contribution >= 4 is 0 Å². The molecule has 1 aromatic carbocycles. The lowest BCUT2D eigenvalue weighted by atomic mass is 9.87. The summed E-state index contributed by atoms with van der Waals surface area (Å²) in [5, 5.41) is 0. The van der Waals surface area contributed by atoms with Gasteiger partial charge in [0.25, 0.3) is 0 Å². The highest BCUT2D eigenvalue weighted by atomic mass is 15.2. The van der Waals surface area contributed by atoms with E-state index < -0.39 is 0 Å². The van der Waals surface area contributed by atoms with Crippen LogP contribution in [0.15, 0.2) is 30.3 Å². The molecule has 0 spiro atoms. The second kappa shape index (κ2) is 7.06. The van der Waals surface area contributed by atoms with Crippen molar-refractivity contribution in [3.05, 3.63) is 35.9 Å². The van der Waals surface area contributed by atoms with E-state index in [2.05, 4.69) is 49.1 Å². The lowest BCUT2D eigenvalue weighted by molar-refractivity contribution is 0.110. The molecule has 0 radical (unpaired) electrons. The van der Waals surface area contributed by atoms with Crippen molar-refractivity contribution in [2.24, 2.45) is 11.7 Å². The number of hydrogen-bond donors (Lipinski definition) is 1. The number of nitrogens with zero attached hydrogens (tertiary/aromatic N) is 1. The molecule has 1 heterocycles. The minimum atomic E-state index is 0.408. The highest BCUT2D eigenvalue weighted by molar-refractivity contribution is 5.18. The number of benzene rings is 1. The van der Waals surface area contributed by atoms with Crippen LogP contribution in [0.5, 0.6) is 0 Å². The van der Waals surface area contributed by atoms with Gasteiger partial charge in [0.15, 0.2) is 0 Å². The molecule has 106 valence electrons. The molecule has 19 heavy (non-hydrogen) atoms. The molecule has 1 unspecified atom stereocenters. The van der Waals surface area contributed by atoms with E-state index in [9.17, 15) is 0 Å². The van der Waals surface area contributed by atoms with Gasteiger partial charge in [-0.15, -0.1) is 0 Å². The van der Waals surface area contributed by atoms with Crippen LogP contribution in [0.3, 0.4) is 0 Å². The predicted molar refractivity (Wildman–Crippen MR) is 82.0 cm³/mol. The number of piperidine rings is 1. The van der Waals surface area contributed by atoms with Gasteiger partial charge in [0.2, 0.25) is 0 Å². The summed E-state index contributed by atoms with van der Waals surface area (Å²) in [5.74, 6) is 0.680. The largest absolute Gasteiger partial charge is 0.327 e. The van der Waals surface area contributed by atoms with Crippen molar-refractivity contribution in [1.82, 2.24) is 4.90 Å². The second-order valence-corrected chi connectivity index (χ2v) is 5.94. The van der Waals surface area contributed by atoms with Gasteiger partial charge in [-0.05, 0) is 31.2 Å². The highest BCUT2D eigenvalue weighted by Gasteiger charge is 2.28. The van der Waals surface area contributed by atoms with Gasteiger partial charge in [0.05, 0.1) is 0 Å². The third-order valence-corrected chi connectivity index (χ3v) is 4.58. The molecule has 1 aliphatic heterocycles. The average Bonchev–Trinajstić information content (AvgIpc) is 2.46. The Kier molecular flexibility index (Phi) is 5.41. The molecule has 2 rings (SSSR count). The van der Waals surface area contributed by atoms with E-state index >= 15 is 0 Å². The van der Waals surface area contributed by atoms with Crippen LogP contribution in [-0.2, 0) is 0 Å². The summed E-state index contributed by atoms with van der Waals surface area (Å²) in [6, 6.07) is 11.8. The smallest absolute Gasteiger partial charge is 0.0320 e. The maximum absolute atomic E-state index is 6.29. The molecule has 0 aliphatic carbocycles. The van der Waals surface area contributed by atoms with E-state index in [1.807, 2.05) is 0 Å². The minimum Gasteiger partial charge on any atom is -0.327 e. The minimum absolute atomic E-state index is 0.408. The topological polar surface area (TPSA) is 29.3 Å². The normalized spacial score (nSPS) is 26.3. The molecular weight excluding hydrogens is 232 g/mol. The monoisotopic (exact) mass is 260 g/mol. The van der Waals surface area contributed by atoms with Crippen molar-refractivity contribution in [3.63, 3.8) is 0 Å². The summed E-state index contributed by atoms with van der Waals surface area (Å²) in [6.45, 7) is 6.89. The molecule has 0 bridgehead atoms. The average molecular weight is 260 g/mol. The maximum Gasteiger partial charge on any atom is 0.0320 e. The number of likely N-dealkylation sites (tertiary alicyclic amines) is 1. The molecule has 1 saturated heterocycles. The molecule has 3 atom stereocenters. The van der Waals surface area contributed by atoms with E-state index in [0.29, 0.717) is 18.0 Å². The molecule has 1 fully saturated rings. The molecule has 0 aromatic heterocycles. The first kappa shape index (κ1) is 14.5. The first-order chi connectivity index (χ1) is 9.22. The van der Waals surface area contributed by atoms with Crippen molar-refractivity contribution in [2.75, 3.05) is 13.1 Å². The van der Waals surface area contributed by atoms with E-state index in [4.69, 9.17) is 5.73 Å². The third kappa shape index (κ3) is 3.80. The van der Waals surface area contributed by atoms with Crippen LogP contribution in [0.1, 0.15) is 51.1 Å². The van der Waals surface area contributed by atoms with Crippen LogP contribution in [0, 0.1) is 5.92 Å². The first-order valence-corrected chi connectivity index (χ1v) is 7.77. The molecular formula is C17H28N2.